The smallest absolute Gasteiger partial charge is 0.0486 e. The molecule has 2 N–H and O–H groups in total. The van der Waals surface area contributed by atoms with Gasteiger partial charge in [0.1, 0.15) is 0 Å². The lowest BCUT2D eigenvalue weighted by Crippen LogP contribution is -2.06. The first-order valence-electron chi connectivity index (χ1n) is 6.91. The minimum Gasteiger partial charge on any atom is -0.396 e. The van der Waals surface area contributed by atoms with Gasteiger partial charge in [-0.15, -0.1) is 0 Å². The van der Waals surface area contributed by atoms with E-state index >= 15 is 0 Å². The molecule has 0 aliphatic heterocycles. The van der Waals surface area contributed by atoms with Gasteiger partial charge in [-0.3, -0.25) is 0 Å². The number of nitrogens with one attached hydrogen (secondary N) is 1. The van der Waals surface area contributed by atoms with E-state index in [-0.39, 0.29) is 12.6 Å². The summed E-state index contributed by atoms with van der Waals surface area (Å²) in [6.45, 7) is 2.40. The van der Waals surface area contributed by atoms with Crippen LogP contribution in [0, 0.1) is 0 Å². The molecular weight excluding hydrogens is 314 g/mol. The van der Waals surface area contributed by atoms with Gasteiger partial charge < -0.3 is 10.4 Å². The van der Waals surface area contributed by atoms with E-state index in [1.807, 2.05) is 6.07 Å². The van der Waals surface area contributed by atoms with Crippen LogP contribution in [-0.2, 0) is 6.42 Å². The molecule has 0 heterocycles. The SMILES string of the molecule is CC(Nc1cccc(CCCO)c1)c1cccc(Br)c1. The van der Waals surface area contributed by atoms with E-state index < -0.39 is 0 Å². The van der Waals surface area contributed by atoms with Crippen molar-refractivity contribution in [1.29, 1.82) is 0 Å². The standard InChI is InChI=1S/C17H20BrNO/c1-13(15-7-3-8-16(18)12-15)19-17-9-2-5-14(11-17)6-4-10-20/h2-3,5,7-9,11-13,19-20H,4,6,10H2,1H3. The van der Waals surface area contributed by atoms with Crippen LogP contribution < -0.4 is 5.32 Å². The molecule has 1 atom stereocenters. The molecule has 2 nitrogen and oxygen atoms in total. The molecule has 0 aromatic heterocycles. The highest BCUT2D eigenvalue weighted by molar-refractivity contribution is 9.10. The summed E-state index contributed by atoms with van der Waals surface area (Å²) in [7, 11) is 0. The lowest BCUT2D eigenvalue weighted by atomic mass is 10.1. The molecule has 0 amide bonds. The Kier molecular flexibility index (Phi) is 5.62. The molecule has 2 aromatic carbocycles. The largest absolute Gasteiger partial charge is 0.396 e. The maximum Gasteiger partial charge on any atom is 0.0486 e. The van der Waals surface area contributed by atoms with E-state index in [0.29, 0.717) is 0 Å². The number of benzene rings is 2. The summed E-state index contributed by atoms with van der Waals surface area (Å²) in [5.41, 5.74) is 3.62. The zero-order valence-electron chi connectivity index (χ0n) is 11.6. The molecule has 1 unspecified atom stereocenters. The molecule has 3 heteroatoms. The van der Waals surface area contributed by atoms with Crippen molar-refractivity contribution in [2.75, 3.05) is 11.9 Å². The second-order valence-electron chi connectivity index (χ2n) is 4.95. The maximum atomic E-state index is 8.90. The molecule has 0 fully saturated rings. The van der Waals surface area contributed by atoms with Gasteiger partial charge >= 0.3 is 0 Å². The Bertz CT molecular complexity index is 556. The first-order valence-corrected chi connectivity index (χ1v) is 7.70. The highest BCUT2D eigenvalue weighted by Crippen LogP contribution is 2.22. The summed E-state index contributed by atoms with van der Waals surface area (Å²) in [6.07, 6.45) is 1.72. The van der Waals surface area contributed by atoms with Gasteiger partial charge in [-0.05, 0) is 55.2 Å². The van der Waals surface area contributed by atoms with E-state index in [4.69, 9.17) is 5.11 Å². The molecule has 0 saturated heterocycles. The Morgan fingerprint density at radius 2 is 1.95 bits per heavy atom. The second kappa shape index (κ2) is 7.46. The van der Waals surface area contributed by atoms with Crippen molar-refractivity contribution in [1.82, 2.24) is 0 Å². The molecule has 0 radical (unpaired) electrons. The van der Waals surface area contributed by atoms with Crippen molar-refractivity contribution >= 4 is 21.6 Å². The maximum absolute atomic E-state index is 8.90. The molecule has 0 bridgehead atoms. The van der Waals surface area contributed by atoms with E-state index in [9.17, 15) is 0 Å². The first kappa shape index (κ1) is 15.1. The third-order valence-corrected chi connectivity index (χ3v) is 3.78. The van der Waals surface area contributed by atoms with E-state index in [1.165, 1.54) is 11.1 Å². The average molecular weight is 334 g/mol. The Morgan fingerprint density at radius 3 is 2.70 bits per heavy atom. The molecule has 0 saturated carbocycles. The van der Waals surface area contributed by atoms with Crippen molar-refractivity contribution in [2.24, 2.45) is 0 Å². The molecule has 0 aliphatic rings. The van der Waals surface area contributed by atoms with E-state index in [2.05, 4.69) is 70.6 Å². The highest BCUT2D eigenvalue weighted by Gasteiger charge is 2.06. The third kappa shape index (κ3) is 4.36. The fourth-order valence-electron chi connectivity index (χ4n) is 2.21. The topological polar surface area (TPSA) is 32.3 Å². The van der Waals surface area contributed by atoms with E-state index in [0.717, 1.165) is 23.0 Å². The van der Waals surface area contributed by atoms with Crippen LogP contribution >= 0.6 is 15.9 Å². The minimum atomic E-state index is 0.242. The number of hydrogen-bond acceptors (Lipinski definition) is 2. The van der Waals surface area contributed by atoms with Crippen LogP contribution in [0.25, 0.3) is 0 Å². The first-order chi connectivity index (χ1) is 9.69. The molecular formula is C17H20BrNO. The van der Waals surface area contributed by atoms with Gasteiger partial charge in [0.15, 0.2) is 0 Å². The summed E-state index contributed by atoms with van der Waals surface area (Å²) >= 11 is 3.50. The molecule has 20 heavy (non-hydrogen) atoms. The average Bonchev–Trinajstić information content (AvgIpc) is 2.45. The van der Waals surface area contributed by atoms with Crippen LogP contribution in [0.1, 0.15) is 30.5 Å². The molecule has 106 valence electrons. The van der Waals surface area contributed by atoms with Gasteiger partial charge in [0.05, 0.1) is 0 Å². The predicted octanol–water partition coefficient (Wildman–Crippen LogP) is 4.55. The summed E-state index contributed by atoms with van der Waals surface area (Å²) < 4.78 is 1.10. The van der Waals surface area contributed by atoms with Crippen molar-refractivity contribution in [3.63, 3.8) is 0 Å². The van der Waals surface area contributed by atoms with Crippen LogP contribution in [0.2, 0.25) is 0 Å². The third-order valence-electron chi connectivity index (χ3n) is 3.28. The van der Waals surface area contributed by atoms with Crippen molar-refractivity contribution < 1.29 is 5.11 Å². The monoisotopic (exact) mass is 333 g/mol. The molecule has 0 spiro atoms. The number of rotatable bonds is 6. The number of aliphatic hydroxyl groups excluding tert-OH is 1. The number of aliphatic hydroxyl groups is 1. The fraction of sp³-hybridized carbons (Fsp3) is 0.294. The van der Waals surface area contributed by atoms with Gasteiger partial charge in [0.25, 0.3) is 0 Å². The van der Waals surface area contributed by atoms with Crippen molar-refractivity contribution in [2.45, 2.75) is 25.8 Å². The van der Waals surface area contributed by atoms with E-state index in [1.54, 1.807) is 0 Å². The van der Waals surface area contributed by atoms with Gasteiger partial charge in [-0.25, -0.2) is 0 Å². The summed E-state index contributed by atoms with van der Waals surface area (Å²) in [5.74, 6) is 0. The quantitative estimate of drug-likeness (QED) is 0.812. The van der Waals surface area contributed by atoms with Gasteiger partial charge in [-0.2, -0.15) is 0 Å². The lowest BCUT2D eigenvalue weighted by molar-refractivity contribution is 0.288. The number of aryl methyl sites for hydroxylation is 1. The Hall–Kier alpha value is -1.32. The van der Waals surface area contributed by atoms with Crippen LogP contribution in [0.4, 0.5) is 5.69 Å². The normalized spacial score (nSPS) is 12.2. The van der Waals surface area contributed by atoms with Crippen LogP contribution in [0.3, 0.4) is 0 Å². The summed E-state index contributed by atoms with van der Waals surface area (Å²) in [5, 5.41) is 12.4. The molecule has 0 aliphatic carbocycles. The zero-order valence-corrected chi connectivity index (χ0v) is 13.2. The molecule has 2 aromatic rings. The lowest BCUT2D eigenvalue weighted by Gasteiger charge is -2.16. The second-order valence-corrected chi connectivity index (χ2v) is 5.86. The number of halogens is 1. The Labute approximate surface area is 129 Å². The summed E-state index contributed by atoms with van der Waals surface area (Å²) in [4.78, 5) is 0. The Morgan fingerprint density at radius 1 is 1.15 bits per heavy atom. The Balaban J connectivity index is 2.05. The fourth-order valence-corrected chi connectivity index (χ4v) is 2.63. The minimum absolute atomic E-state index is 0.242. The van der Waals surface area contributed by atoms with Gasteiger partial charge in [-0.1, -0.05) is 40.2 Å². The van der Waals surface area contributed by atoms with Gasteiger partial charge in [0.2, 0.25) is 0 Å². The van der Waals surface area contributed by atoms with Crippen LogP contribution in [-0.4, -0.2) is 11.7 Å². The van der Waals surface area contributed by atoms with Crippen LogP contribution in [0.15, 0.2) is 53.0 Å². The van der Waals surface area contributed by atoms with Crippen molar-refractivity contribution in [3.8, 4) is 0 Å². The predicted molar refractivity (Wildman–Crippen MR) is 88.0 cm³/mol. The van der Waals surface area contributed by atoms with Crippen LogP contribution in [0.5, 0.6) is 0 Å². The highest BCUT2D eigenvalue weighted by atomic mass is 79.9. The number of hydrogen-bond donors (Lipinski definition) is 2. The van der Waals surface area contributed by atoms with Crippen molar-refractivity contribution in [3.05, 3.63) is 64.1 Å². The van der Waals surface area contributed by atoms with Gasteiger partial charge in [0, 0.05) is 22.8 Å². The number of anilines is 1. The zero-order chi connectivity index (χ0) is 14.4. The molecule has 2 rings (SSSR count). The summed E-state index contributed by atoms with van der Waals surface area (Å²) in [6, 6.07) is 17.0.